The predicted molar refractivity (Wildman–Crippen MR) is 135 cm³/mol. The minimum atomic E-state index is -0.455. The number of methoxy groups -OCH3 is 1. The summed E-state index contributed by atoms with van der Waals surface area (Å²) in [5.41, 5.74) is 3.24. The van der Waals surface area contributed by atoms with Crippen LogP contribution in [0.4, 0.5) is 0 Å². The molecule has 2 N–H and O–H groups in total. The van der Waals surface area contributed by atoms with Gasteiger partial charge in [0.1, 0.15) is 11.6 Å². The highest BCUT2D eigenvalue weighted by atomic mass is 79.9. The molecule has 0 fully saturated rings. The molecule has 2 aromatic carbocycles. The van der Waals surface area contributed by atoms with Crippen LogP contribution in [0.2, 0.25) is 0 Å². The molecule has 33 heavy (non-hydrogen) atoms. The summed E-state index contributed by atoms with van der Waals surface area (Å²) in [7, 11) is 1.32. The minimum absolute atomic E-state index is 0. The molecule has 6 nitrogen and oxygen atoms in total. The summed E-state index contributed by atoms with van der Waals surface area (Å²) in [5, 5.41) is 19.4. The van der Waals surface area contributed by atoms with E-state index in [0.29, 0.717) is 23.2 Å². The number of phenolic OH excluding ortho intramolecular Hbond substituents is 1. The molecule has 178 valence electrons. The Kier molecular flexibility index (Phi) is 7.49. The SMILES string of the molecule is Br.COC(=O)c1ccc2c(c1)C(=N)N(CC(=O)c1cc(C(C)(C)C)c(O)c(C(C)(C)C)c1)C2. The first-order valence-electron chi connectivity index (χ1n) is 10.7. The molecule has 3 rings (SSSR count). The van der Waals surface area contributed by atoms with E-state index >= 15 is 0 Å². The van der Waals surface area contributed by atoms with Crippen LogP contribution in [-0.2, 0) is 22.1 Å². The summed E-state index contributed by atoms with van der Waals surface area (Å²) in [6.45, 7) is 12.5. The van der Waals surface area contributed by atoms with Gasteiger partial charge in [0.05, 0.1) is 19.2 Å². The Morgan fingerprint density at radius 3 is 2.03 bits per heavy atom. The molecule has 0 radical (unpaired) electrons. The second-order valence-corrected chi connectivity index (χ2v) is 10.4. The summed E-state index contributed by atoms with van der Waals surface area (Å²) >= 11 is 0. The van der Waals surface area contributed by atoms with Crippen LogP contribution in [0.25, 0.3) is 0 Å². The Hall–Kier alpha value is -2.67. The first kappa shape index (κ1) is 26.6. The Morgan fingerprint density at radius 2 is 1.55 bits per heavy atom. The smallest absolute Gasteiger partial charge is 0.337 e. The minimum Gasteiger partial charge on any atom is -0.507 e. The highest BCUT2D eigenvalue weighted by Gasteiger charge is 2.30. The van der Waals surface area contributed by atoms with E-state index in [0.717, 1.165) is 16.7 Å². The number of fused-ring (bicyclic) bond motifs is 1. The average Bonchev–Trinajstić information content (AvgIpc) is 3.00. The zero-order valence-electron chi connectivity index (χ0n) is 20.3. The molecule has 1 aliphatic heterocycles. The largest absolute Gasteiger partial charge is 0.507 e. The predicted octanol–water partition coefficient (Wildman–Crippen LogP) is 5.38. The molecule has 0 unspecified atom stereocenters. The number of esters is 1. The number of amidine groups is 1. The van der Waals surface area contributed by atoms with Gasteiger partial charge in [-0.25, -0.2) is 4.79 Å². The van der Waals surface area contributed by atoms with Crippen LogP contribution in [0.15, 0.2) is 30.3 Å². The maximum absolute atomic E-state index is 13.3. The molecule has 0 saturated heterocycles. The second kappa shape index (κ2) is 9.29. The number of rotatable bonds is 4. The van der Waals surface area contributed by atoms with Gasteiger partial charge in [0.25, 0.3) is 0 Å². The van der Waals surface area contributed by atoms with Crippen molar-refractivity contribution in [3.63, 3.8) is 0 Å². The fraction of sp³-hybridized carbons (Fsp3) is 0.423. The van der Waals surface area contributed by atoms with Gasteiger partial charge in [-0.2, -0.15) is 0 Å². The summed E-state index contributed by atoms with van der Waals surface area (Å²) in [6, 6.07) is 8.67. The third-order valence-corrected chi connectivity index (χ3v) is 5.85. The van der Waals surface area contributed by atoms with E-state index in [-0.39, 0.29) is 51.7 Å². The Bertz CT molecular complexity index is 1080. The lowest BCUT2D eigenvalue weighted by Gasteiger charge is -2.28. The zero-order chi connectivity index (χ0) is 24.0. The molecule has 1 heterocycles. The number of halogens is 1. The van der Waals surface area contributed by atoms with E-state index < -0.39 is 5.97 Å². The number of ketones is 1. The second-order valence-electron chi connectivity index (χ2n) is 10.4. The molecule has 0 saturated carbocycles. The Labute approximate surface area is 206 Å². The molecule has 0 amide bonds. The number of benzene rings is 2. The van der Waals surface area contributed by atoms with E-state index in [2.05, 4.69) is 0 Å². The van der Waals surface area contributed by atoms with Crippen LogP contribution in [0.5, 0.6) is 5.75 Å². The summed E-state index contributed by atoms with van der Waals surface area (Å²) < 4.78 is 4.77. The molecule has 2 aromatic rings. The quantitative estimate of drug-likeness (QED) is 0.420. The van der Waals surface area contributed by atoms with Crippen LogP contribution < -0.4 is 0 Å². The first-order valence-corrected chi connectivity index (χ1v) is 10.7. The third-order valence-electron chi connectivity index (χ3n) is 5.85. The van der Waals surface area contributed by atoms with Gasteiger partial charge in [-0.1, -0.05) is 47.6 Å². The van der Waals surface area contributed by atoms with Gasteiger partial charge < -0.3 is 14.7 Å². The number of nitrogens with one attached hydrogen (secondary N) is 1. The number of hydrogen-bond donors (Lipinski definition) is 2. The molecule has 0 bridgehead atoms. The summed E-state index contributed by atoms with van der Waals surface area (Å²) in [4.78, 5) is 26.8. The Balaban J connectivity index is 0.00000385. The highest BCUT2D eigenvalue weighted by molar-refractivity contribution is 8.93. The number of aromatic hydroxyl groups is 1. The van der Waals surface area contributed by atoms with Crippen molar-refractivity contribution in [1.29, 1.82) is 5.41 Å². The number of carbonyl (C=O) groups is 2. The number of phenols is 1. The fourth-order valence-electron chi connectivity index (χ4n) is 3.97. The van der Waals surface area contributed by atoms with E-state index in [1.807, 2.05) is 41.5 Å². The van der Waals surface area contributed by atoms with Gasteiger partial charge in [0, 0.05) is 28.8 Å². The molecular weight excluding hydrogens is 484 g/mol. The Morgan fingerprint density at radius 1 is 1.00 bits per heavy atom. The van der Waals surface area contributed by atoms with Crippen LogP contribution in [0.1, 0.15) is 84.5 Å². The zero-order valence-corrected chi connectivity index (χ0v) is 22.0. The number of carbonyl (C=O) groups excluding carboxylic acids is 2. The van der Waals surface area contributed by atoms with Crippen molar-refractivity contribution < 1.29 is 19.4 Å². The van der Waals surface area contributed by atoms with Crippen molar-refractivity contribution in [3.05, 3.63) is 63.7 Å². The molecule has 0 aliphatic carbocycles. The molecule has 0 atom stereocenters. The van der Waals surface area contributed by atoms with Crippen LogP contribution in [0.3, 0.4) is 0 Å². The molecule has 0 spiro atoms. The maximum atomic E-state index is 13.3. The monoisotopic (exact) mass is 516 g/mol. The van der Waals surface area contributed by atoms with Crippen LogP contribution >= 0.6 is 17.0 Å². The van der Waals surface area contributed by atoms with Crippen molar-refractivity contribution in [3.8, 4) is 5.75 Å². The molecular formula is C26H33BrN2O4. The first-order chi connectivity index (χ1) is 14.7. The highest BCUT2D eigenvalue weighted by Crippen LogP contribution is 2.40. The van der Waals surface area contributed by atoms with Crippen LogP contribution in [-0.4, -0.2) is 41.2 Å². The topological polar surface area (TPSA) is 90.7 Å². The van der Waals surface area contributed by atoms with Gasteiger partial charge in [0.15, 0.2) is 5.78 Å². The summed E-state index contributed by atoms with van der Waals surface area (Å²) in [5.74, 6) is -0.126. The average molecular weight is 517 g/mol. The number of nitrogens with zero attached hydrogens (tertiary/aromatic N) is 1. The van der Waals surface area contributed by atoms with Crippen molar-refractivity contribution in [2.45, 2.75) is 58.9 Å². The molecule has 1 aliphatic rings. The van der Waals surface area contributed by atoms with Crippen molar-refractivity contribution in [2.24, 2.45) is 0 Å². The van der Waals surface area contributed by atoms with Crippen molar-refractivity contribution in [2.75, 3.05) is 13.7 Å². The normalized spacial score (nSPS) is 13.4. The fourth-order valence-corrected chi connectivity index (χ4v) is 3.97. The lowest BCUT2D eigenvalue weighted by Crippen LogP contribution is -2.30. The third kappa shape index (κ3) is 5.29. The number of Topliss-reactive ketones (excluding diaryl/α,β-unsaturated/α-hetero) is 1. The van der Waals surface area contributed by atoms with E-state index in [1.165, 1.54) is 7.11 Å². The molecule has 7 heteroatoms. The lowest BCUT2D eigenvalue weighted by molar-refractivity contribution is 0.0600. The maximum Gasteiger partial charge on any atom is 0.337 e. The number of ether oxygens (including phenoxy) is 1. The van der Waals surface area contributed by atoms with Gasteiger partial charge >= 0.3 is 5.97 Å². The van der Waals surface area contributed by atoms with Crippen molar-refractivity contribution in [1.82, 2.24) is 4.90 Å². The molecule has 0 aromatic heterocycles. The van der Waals surface area contributed by atoms with E-state index in [1.54, 1.807) is 35.2 Å². The van der Waals surface area contributed by atoms with Crippen molar-refractivity contribution >= 4 is 34.6 Å². The lowest BCUT2D eigenvalue weighted by atomic mass is 9.78. The van der Waals surface area contributed by atoms with Gasteiger partial charge in [-0.05, 0) is 40.7 Å². The van der Waals surface area contributed by atoms with Gasteiger partial charge in [-0.3, -0.25) is 10.2 Å². The van der Waals surface area contributed by atoms with E-state index in [4.69, 9.17) is 10.1 Å². The van der Waals surface area contributed by atoms with Gasteiger partial charge in [0.2, 0.25) is 0 Å². The standard InChI is InChI=1S/C26H32N2O4.BrH/c1-25(2,3)19-11-17(12-20(22(19)30)26(4,5)6)21(29)14-28-13-16-9-8-15(24(31)32-7)10-18(16)23(28)27;/h8-12,27,30H,13-14H2,1-7H3;1H. The van der Waals surface area contributed by atoms with E-state index in [9.17, 15) is 14.7 Å². The number of hydrogen-bond acceptors (Lipinski definition) is 5. The summed E-state index contributed by atoms with van der Waals surface area (Å²) in [6.07, 6.45) is 0. The van der Waals surface area contributed by atoms with Crippen LogP contribution in [0, 0.1) is 5.41 Å². The van der Waals surface area contributed by atoms with Gasteiger partial charge in [-0.15, -0.1) is 17.0 Å².